The summed E-state index contributed by atoms with van der Waals surface area (Å²) in [5.41, 5.74) is 1.86. The maximum absolute atomic E-state index is 6.01. The van der Waals surface area contributed by atoms with Gasteiger partial charge in [0.15, 0.2) is 17.5 Å². The molecule has 3 aromatic rings. The summed E-state index contributed by atoms with van der Waals surface area (Å²) in [7, 11) is 4.95. The van der Waals surface area contributed by atoms with E-state index in [1.807, 2.05) is 30.3 Å². The Labute approximate surface area is 203 Å². The van der Waals surface area contributed by atoms with Crippen LogP contribution in [0.15, 0.2) is 52.0 Å². The Morgan fingerprint density at radius 2 is 1.90 bits per heavy atom. The van der Waals surface area contributed by atoms with Gasteiger partial charge < -0.3 is 24.6 Å². The summed E-state index contributed by atoms with van der Waals surface area (Å²) in [6, 6.07) is 13.1. The molecule has 3 rings (SSSR count). The van der Waals surface area contributed by atoms with Gasteiger partial charge in [0, 0.05) is 37.1 Å². The number of rotatable bonds is 8. The standard InChI is InChI=1S/C21H24ClN5O3.HI/c1-23-21(25-13-14-7-8-17(28-2)18(11-14)29-3)24-10-9-19-26-20(27-30-19)15-5-4-6-16(22)12-15;/h4-8,11-12H,9-10,13H2,1-3H3,(H2,23,24,25);1H. The van der Waals surface area contributed by atoms with Crippen molar-refractivity contribution in [3.63, 3.8) is 0 Å². The zero-order valence-corrected chi connectivity index (χ0v) is 20.6. The zero-order valence-electron chi connectivity index (χ0n) is 17.5. The largest absolute Gasteiger partial charge is 0.493 e. The lowest BCUT2D eigenvalue weighted by Gasteiger charge is -2.13. The lowest BCUT2D eigenvalue weighted by atomic mass is 10.2. The van der Waals surface area contributed by atoms with Crippen LogP contribution in [0.1, 0.15) is 11.5 Å². The average molecular weight is 558 g/mol. The smallest absolute Gasteiger partial charge is 0.228 e. The molecule has 0 unspecified atom stereocenters. The van der Waals surface area contributed by atoms with E-state index in [0.29, 0.717) is 53.7 Å². The number of halogens is 2. The third-order valence-corrected chi connectivity index (χ3v) is 4.55. The molecule has 1 aromatic heterocycles. The number of ether oxygens (including phenoxy) is 2. The van der Waals surface area contributed by atoms with E-state index in [1.165, 1.54) is 0 Å². The second kappa shape index (κ2) is 12.4. The van der Waals surface area contributed by atoms with E-state index in [1.54, 1.807) is 33.4 Å². The first-order chi connectivity index (χ1) is 14.6. The van der Waals surface area contributed by atoms with Crippen LogP contribution in [-0.4, -0.2) is 43.9 Å². The van der Waals surface area contributed by atoms with Crippen molar-refractivity contribution in [3.8, 4) is 22.9 Å². The molecule has 0 saturated heterocycles. The van der Waals surface area contributed by atoms with Crippen molar-refractivity contribution in [1.29, 1.82) is 0 Å². The second-order valence-electron chi connectivity index (χ2n) is 6.31. The lowest BCUT2D eigenvalue weighted by Crippen LogP contribution is -2.37. The van der Waals surface area contributed by atoms with Gasteiger partial charge in [0.2, 0.25) is 11.7 Å². The number of aliphatic imine (C=N–C) groups is 1. The molecule has 0 amide bonds. The topological polar surface area (TPSA) is 93.8 Å². The number of nitrogens with zero attached hydrogens (tertiary/aromatic N) is 3. The van der Waals surface area contributed by atoms with Crippen LogP contribution in [-0.2, 0) is 13.0 Å². The highest BCUT2D eigenvalue weighted by Gasteiger charge is 2.09. The van der Waals surface area contributed by atoms with E-state index in [9.17, 15) is 0 Å². The number of aromatic nitrogens is 2. The Kier molecular flexibility index (Phi) is 9.86. The van der Waals surface area contributed by atoms with E-state index < -0.39 is 0 Å². The molecule has 2 aromatic carbocycles. The van der Waals surface area contributed by atoms with Crippen molar-refractivity contribution in [2.75, 3.05) is 27.8 Å². The van der Waals surface area contributed by atoms with Gasteiger partial charge in [0.25, 0.3) is 0 Å². The van der Waals surface area contributed by atoms with Crippen molar-refractivity contribution < 1.29 is 14.0 Å². The third-order valence-electron chi connectivity index (χ3n) is 4.31. The van der Waals surface area contributed by atoms with Crippen molar-refractivity contribution in [2.45, 2.75) is 13.0 Å². The Bertz CT molecular complexity index is 1010. The minimum absolute atomic E-state index is 0. The Morgan fingerprint density at radius 3 is 2.61 bits per heavy atom. The summed E-state index contributed by atoms with van der Waals surface area (Å²) in [4.78, 5) is 8.64. The molecule has 0 bridgehead atoms. The molecule has 0 atom stereocenters. The fraction of sp³-hybridized carbons (Fsp3) is 0.286. The molecule has 0 radical (unpaired) electrons. The van der Waals surface area contributed by atoms with Crippen LogP contribution < -0.4 is 20.1 Å². The molecule has 8 nitrogen and oxygen atoms in total. The predicted octanol–water partition coefficient (Wildman–Crippen LogP) is 3.93. The van der Waals surface area contributed by atoms with Crippen LogP contribution in [0, 0.1) is 0 Å². The second-order valence-corrected chi connectivity index (χ2v) is 6.75. The molecular formula is C21H25ClIN5O3. The SMILES string of the molecule is CN=C(NCCc1nc(-c2cccc(Cl)c2)no1)NCc1ccc(OC)c(OC)c1.I. The van der Waals surface area contributed by atoms with Gasteiger partial charge >= 0.3 is 0 Å². The van der Waals surface area contributed by atoms with E-state index >= 15 is 0 Å². The first kappa shape index (κ1) is 24.7. The zero-order chi connectivity index (χ0) is 21.3. The molecule has 0 aliphatic carbocycles. The van der Waals surface area contributed by atoms with Crippen LogP contribution in [0.4, 0.5) is 0 Å². The highest BCUT2D eigenvalue weighted by molar-refractivity contribution is 14.0. The fourth-order valence-electron chi connectivity index (χ4n) is 2.79. The number of methoxy groups -OCH3 is 2. The lowest BCUT2D eigenvalue weighted by molar-refractivity contribution is 0.354. The summed E-state index contributed by atoms with van der Waals surface area (Å²) in [5.74, 6) is 3.10. The monoisotopic (exact) mass is 557 g/mol. The third kappa shape index (κ3) is 7.00. The number of guanidine groups is 1. The normalized spacial score (nSPS) is 10.9. The van der Waals surface area contributed by atoms with Gasteiger partial charge in [-0.15, -0.1) is 24.0 Å². The summed E-state index contributed by atoms with van der Waals surface area (Å²) >= 11 is 6.01. The maximum Gasteiger partial charge on any atom is 0.228 e. The Morgan fingerprint density at radius 1 is 1.10 bits per heavy atom. The minimum Gasteiger partial charge on any atom is -0.493 e. The van der Waals surface area contributed by atoms with Crippen molar-refractivity contribution in [1.82, 2.24) is 20.8 Å². The molecule has 0 fully saturated rings. The van der Waals surface area contributed by atoms with E-state index in [0.717, 1.165) is 11.1 Å². The first-order valence-electron chi connectivity index (χ1n) is 9.37. The van der Waals surface area contributed by atoms with E-state index in [-0.39, 0.29) is 24.0 Å². The van der Waals surface area contributed by atoms with Crippen molar-refractivity contribution >= 4 is 41.5 Å². The van der Waals surface area contributed by atoms with Crippen LogP contribution in [0.5, 0.6) is 11.5 Å². The van der Waals surface area contributed by atoms with Gasteiger partial charge in [-0.05, 0) is 29.8 Å². The molecule has 2 N–H and O–H groups in total. The van der Waals surface area contributed by atoms with Crippen LogP contribution in [0.2, 0.25) is 5.02 Å². The van der Waals surface area contributed by atoms with Crippen LogP contribution >= 0.6 is 35.6 Å². The molecule has 1 heterocycles. The van der Waals surface area contributed by atoms with E-state index in [2.05, 4.69) is 25.8 Å². The van der Waals surface area contributed by atoms with Gasteiger partial charge in [-0.1, -0.05) is 35.0 Å². The molecule has 31 heavy (non-hydrogen) atoms. The van der Waals surface area contributed by atoms with Gasteiger partial charge in [0.1, 0.15) is 0 Å². The number of benzene rings is 2. The number of hydrogen-bond acceptors (Lipinski definition) is 6. The Balaban J connectivity index is 0.00000341. The fourth-order valence-corrected chi connectivity index (χ4v) is 2.98. The van der Waals surface area contributed by atoms with Crippen molar-refractivity contribution in [3.05, 3.63) is 58.9 Å². The number of hydrogen-bond donors (Lipinski definition) is 2. The molecular weight excluding hydrogens is 533 g/mol. The highest BCUT2D eigenvalue weighted by Crippen LogP contribution is 2.27. The summed E-state index contributed by atoms with van der Waals surface area (Å²) in [6.45, 7) is 1.17. The van der Waals surface area contributed by atoms with Gasteiger partial charge in [-0.3, -0.25) is 4.99 Å². The van der Waals surface area contributed by atoms with Gasteiger partial charge in [-0.25, -0.2) is 0 Å². The van der Waals surface area contributed by atoms with Gasteiger partial charge in [-0.2, -0.15) is 4.98 Å². The molecule has 0 saturated carbocycles. The van der Waals surface area contributed by atoms with Gasteiger partial charge in [0.05, 0.1) is 14.2 Å². The maximum atomic E-state index is 6.01. The van der Waals surface area contributed by atoms with Crippen LogP contribution in [0.25, 0.3) is 11.4 Å². The van der Waals surface area contributed by atoms with Crippen LogP contribution in [0.3, 0.4) is 0 Å². The Hall–Kier alpha value is -2.53. The highest BCUT2D eigenvalue weighted by atomic mass is 127. The first-order valence-corrected chi connectivity index (χ1v) is 9.74. The summed E-state index contributed by atoms with van der Waals surface area (Å²) < 4.78 is 15.9. The minimum atomic E-state index is 0. The molecule has 0 aliphatic rings. The molecule has 10 heteroatoms. The molecule has 0 aliphatic heterocycles. The average Bonchev–Trinajstić information content (AvgIpc) is 3.24. The summed E-state index contributed by atoms with van der Waals surface area (Å²) in [6.07, 6.45) is 0.560. The summed E-state index contributed by atoms with van der Waals surface area (Å²) in [5, 5.41) is 11.1. The quantitative estimate of drug-likeness (QED) is 0.246. The molecule has 0 spiro atoms. The van der Waals surface area contributed by atoms with E-state index in [4.69, 9.17) is 25.6 Å². The number of nitrogens with one attached hydrogen (secondary N) is 2. The predicted molar refractivity (Wildman–Crippen MR) is 132 cm³/mol. The molecule has 166 valence electrons. The van der Waals surface area contributed by atoms with Crippen molar-refractivity contribution in [2.24, 2.45) is 4.99 Å².